The number of amides is 1. The summed E-state index contributed by atoms with van der Waals surface area (Å²) in [6, 6.07) is 3.79. The lowest BCUT2D eigenvalue weighted by Crippen LogP contribution is -2.39. The van der Waals surface area contributed by atoms with Crippen molar-refractivity contribution in [2.24, 2.45) is 0 Å². The van der Waals surface area contributed by atoms with Gasteiger partial charge in [-0.25, -0.2) is 0 Å². The minimum Gasteiger partial charge on any atom is -0.370 e. The molecule has 20 heavy (non-hydrogen) atoms. The molecule has 6 nitrogen and oxygen atoms in total. The number of hydrogen-bond acceptors (Lipinski definition) is 4. The number of carbonyl (C=O) groups excluding carboxylic acids is 1. The maximum Gasteiger partial charge on any atom is 0.327 e. The maximum absolute atomic E-state index is 13.4. The highest BCUT2D eigenvalue weighted by molar-refractivity contribution is 5.82. The molecule has 0 radical (unpaired) electrons. The number of likely N-dealkylation sites (tertiary alicyclic amines) is 1. The fourth-order valence-corrected chi connectivity index (χ4v) is 2.27. The van der Waals surface area contributed by atoms with Gasteiger partial charge in [0.1, 0.15) is 5.69 Å². The SMILES string of the molecule is O=C(CNc1cccc(F)c1[N+](=O)[O-])N1CCCCC1. The number of hydrogen-bond donors (Lipinski definition) is 1. The number of halogens is 1. The third-order valence-electron chi connectivity index (χ3n) is 3.31. The molecule has 1 heterocycles. The van der Waals surface area contributed by atoms with Crippen molar-refractivity contribution in [3.63, 3.8) is 0 Å². The van der Waals surface area contributed by atoms with E-state index < -0.39 is 16.4 Å². The van der Waals surface area contributed by atoms with Gasteiger partial charge in [0.2, 0.25) is 11.7 Å². The minimum absolute atomic E-state index is 0.0281. The number of rotatable bonds is 4. The lowest BCUT2D eigenvalue weighted by Gasteiger charge is -2.26. The van der Waals surface area contributed by atoms with Crippen molar-refractivity contribution in [1.82, 2.24) is 4.90 Å². The number of nitro benzene ring substituents is 1. The van der Waals surface area contributed by atoms with E-state index in [0.29, 0.717) is 13.1 Å². The molecule has 0 aromatic heterocycles. The van der Waals surface area contributed by atoms with Crippen LogP contribution < -0.4 is 5.32 Å². The zero-order valence-electron chi connectivity index (χ0n) is 11.0. The van der Waals surface area contributed by atoms with Crippen LogP contribution in [-0.2, 0) is 4.79 Å². The molecule has 1 saturated heterocycles. The molecule has 1 aromatic carbocycles. The smallest absolute Gasteiger partial charge is 0.327 e. The number of nitrogens with one attached hydrogen (secondary N) is 1. The lowest BCUT2D eigenvalue weighted by atomic mass is 10.1. The van der Waals surface area contributed by atoms with Crippen molar-refractivity contribution >= 4 is 17.3 Å². The molecule has 108 valence electrons. The van der Waals surface area contributed by atoms with E-state index in [-0.39, 0.29) is 18.1 Å². The molecule has 1 aliphatic heterocycles. The maximum atomic E-state index is 13.4. The van der Waals surface area contributed by atoms with Crippen molar-refractivity contribution in [2.75, 3.05) is 25.0 Å². The summed E-state index contributed by atoms with van der Waals surface area (Å²) < 4.78 is 13.4. The number of nitrogens with zero attached hydrogens (tertiary/aromatic N) is 2. The third-order valence-corrected chi connectivity index (χ3v) is 3.31. The highest BCUT2D eigenvalue weighted by Crippen LogP contribution is 2.27. The molecule has 0 unspecified atom stereocenters. The van der Waals surface area contributed by atoms with Gasteiger partial charge in [0.25, 0.3) is 0 Å². The molecule has 2 rings (SSSR count). The van der Waals surface area contributed by atoms with Crippen molar-refractivity contribution in [1.29, 1.82) is 0 Å². The Labute approximate surface area is 115 Å². The first-order valence-electron chi connectivity index (χ1n) is 6.54. The van der Waals surface area contributed by atoms with Gasteiger partial charge >= 0.3 is 5.69 Å². The second-order valence-corrected chi connectivity index (χ2v) is 4.69. The Morgan fingerprint density at radius 2 is 2.05 bits per heavy atom. The molecule has 1 N–H and O–H groups in total. The van der Waals surface area contributed by atoms with Crippen molar-refractivity contribution in [2.45, 2.75) is 19.3 Å². The fraction of sp³-hybridized carbons (Fsp3) is 0.462. The molecule has 1 aliphatic rings. The van der Waals surface area contributed by atoms with E-state index in [1.54, 1.807) is 4.90 Å². The molecular formula is C13H16FN3O3. The highest BCUT2D eigenvalue weighted by atomic mass is 19.1. The molecule has 0 saturated carbocycles. The van der Waals surface area contributed by atoms with Gasteiger partial charge in [-0.1, -0.05) is 6.07 Å². The quantitative estimate of drug-likeness (QED) is 0.678. The van der Waals surface area contributed by atoms with Crippen LogP contribution in [0.1, 0.15) is 19.3 Å². The molecule has 0 atom stereocenters. The van der Waals surface area contributed by atoms with Gasteiger partial charge in [-0.15, -0.1) is 0 Å². The average Bonchev–Trinajstić information content (AvgIpc) is 2.45. The fourth-order valence-electron chi connectivity index (χ4n) is 2.27. The third kappa shape index (κ3) is 3.23. The first kappa shape index (κ1) is 14.2. The van der Waals surface area contributed by atoms with Crippen LogP contribution in [0.3, 0.4) is 0 Å². The van der Waals surface area contributed by atoms with Gasteiger partial charge in [0, 0.05) is 13.1 Å². The Bertz CT molecular complexity index is 516. The zero-order valence-corrected chi connectivity index (χ0v) is 11.0. The Morgan fingerprint density at radius 1 is 1.35 bits per heavy atom. The first-order chi connectivity index (χ1) is 9.59. The standard InChI is InChI=1S/C13H16FN3O3/c14-10-5-4-6-11(13(10)17(19)20)15-9-12(18)16-7-2-1-3-8-16/h4-6,15H,1-3,7-9H2. The second-order valence-electron chi connectivity index (χ2n) is 4.69. The number of carbonyl (C=O) groups is 1. The van der Waals surface area contributed by atoms with Crippen LogP contribution in [0.4, 0.5) is 15.8 Å². The topological polar surface area (TPSA) is 75.5 Å². The molecule has 7 heteroatoms. The van der Waals surface area contributed by atoms with Gasteiger partial charge in [-0.2, -0.15) is 4.39 Å². The molecule has 1 fully saturated rings. The van der Waals surface area contributed by atoms with Gasteiger partial charge in [-0.05, 0) is 31.4 Å². The predicted octanol–water partition coefficient (Wildman–Crippen LogP) is 2.16. The number of anilines is 1. The summed E-state index contributed by atoms with van der Waals surface area (Å²) in [5.41, 5.74) is -0.598. The van der Waals surface area contributed by atoms with E-state index in [1.807, 2.05) is 0 Å². The Hall–Kier alpha value is -2.18. The predicted molar refractivity (Wildman–Crippen MR) is 72.0 cm³/mol. The Balaban J connectivity index is 2.02. The van der Waals surface area contributed by atoms with Crippen LogP contribution in [-0.4, -0.2) is 35.4 Å². The van der Waals surface area contributed by atoms with Gasteiger partial charge in [0.05, 0.1) is 11.5 Å². The minimum atomic E-state index is -0.912. The number of benzene rings is 1. The van der Waals surface area contributed by atoms with Crippen molar-refractivity contribution in [3.8, 4) is 0 Å². The summed E-state index contributed by atoms with van der Waals surface area (Å²) in [5, 5.41) is 13.5. The Morgan fingerprint density at radius 3 is 2.70 bits per heavy atom. The summed E-state index contributed by atoms with van der Waals surface area (Å²) in [4.78, 5) is 23.7. The molecular weight excluding hydrogens is 265 g/mol. The van der Waals surface area contributed by atoms with Crippen LogP contribution in [0, 0.1) is 15.9 Å². The van der Waals surface area contributed by atoms with E-state index in [0.717, 1.165) is 25.3 Å². The summed E-state index contributed by atoms with van der Waals surface area (Å²) >= 11 is 0. The monoisotopic (exact) mass is 281 g/mol. The summed E-state index contributed by atoms with van der Waals surface area (Å²) in [5.74, 6) is -1.03. The summed E-state index contributed by atoms with van der Waals surface area (Å²) in [6.45, 7) is 1.36. The van der Waals surface area contributed by atoms with Crippen LogP contribution >= 0.6 is 0 Å². The molecule has 0 aliphatic carbocycles. The van der Waals surface area contributed by atoms with E-state index >= 15 is 0 Å². The van der Waals surface area contributed by atoms with E-state index in [2.05, 4.69) is 5.32 Å². The number of nitro groups is 1. The van der Waals surface area contributed by atoms with Crippen molar-refractivity contribution in [3.05, 3.63) is 34.1 Å². The molecule has 0 spiro atoms. The van der Waals surface area contributed by atoms with E-state index in [4.69, 9.17) is 0 Å². The van der Waals surface area contributed by atoms with Crippen LogP contribution in [0.15, 0.2) is 18.2 Å². The normalized spacial score (nSPS) is 14.9. The summed E-state index contributed by atoms with van der Waals surface area (Å²) in [7, 11) is 0. The molecule has 0 bridgehead atoms. The average molecular weight is 281 g/mol. The van der Waals surface area contributed by atoms with E-state index in [9.17, 15) is 19.3 Å². The van der Waals surface area contributed by atoms with Crippen molar-refractivity contribution < 1.29 is 14.1 Å². The van der Waals surface area contributed by atoms with Gasteiger partial charge in [-0.3, -0.25) is 14.9 Å². The number of piperidine rings is 1. The first-order valence-corrected chi connectivity index (χ1v) is 6.54. The van der Waals surface area contributed by atoms with Crippen LogP contribution in [0.5, 0.6) is 0 Å². The number of para-hydroxylation sites is 1. The van der Waals surface area contributed by atoms with Crippen LogP contribution in [0.2, 0.25) is 0 Å². The largest absolute Gasteiger partial charge is 0.370 e. The van der Waals surface area contributed by atoms with E-state index in [1.165, 1.54) is 12.1 Å². The Kier molecular flexibility index (Phi) is 4.49. The highest BCUT2D eigenvalue weighted by Gasteiger charge is 2.21. The molecule has 1 amide bonds. The zero-order chi connectivity index (χ0) is 14.5. The second kappa shape index (κ2) is 6.31. The summed E-state index contributed by atoms with van der Waals surface area (Å²) in [6.07, 6.45) is 3.07. The lowest BCUT2D eigenvalue weighted by molar-refractivity contribution is -0.386. The van der Waals surface area contributed by atoms with Gasteiger partial charge in [0.15, 0.2) is 0 Å². The molecule has 1 aromatic rings. The van der Waals surface area contributed by atoms with Gasteiger partial charge < -0.3 is 10.2 Å². The van der Waals surface area contributed by atoms with Crippen LogP contribution in [0.25, 0.3) is 0 Å².